The lowest BCUT2D eigenvalue weighted by Gasteiger charge is -2.23. The molecule has 36 heavy (non-hydrogen) atoms. The molecule has 0 aliphatic carbocycles. The van der Waals surface area contributed by atoms with Gasteiger partial charge in [0.2, 0.25) is 6.17 Å². The fraction of sp³-hybridized carbons (Fsp3) is 0.259. The normalized spacial score (nSPS) is 15.0. The highest BCUT2D eigenvalue weighted by molar-refractivity contribution is 7.80. The van der Waals surface area contributed by atoms with E-state index in [1.807, 2.05) is 37.3 Å². The molecule has 0 saturated heterocycles. The van der Waals surface area contributed by atoms with Crippen molar-refractivity contribution >= 4 is 57.6 Å². The third-order valence-corrected chi connectivity index (χ3v) is 6.64. The number of pyridine rings is 1. The van der Waals surface area contributed by atoms with Crippen molar-refractivity contribution in [2.24, 2.45) is 4.99 Å². The van der Waals surface area contributed by atoms with Gasteiger partial charge in [-0.15, -0.1) is 0 Å². The maximum Gasteiger partial charge on any atom is 0.272 e. The number of carbonyl (C=O) groups is 1. The first-order chi connectivity index (χ1) is 17.3. The number of thiocarbonyl (C=S) groups is 1. The average Bonchev–Trinajstić information content (AvgIpc) is 2.97. The Labute approximate surface area is 222 Å². The predicted molar refractivity (Wildman–Crippen MR) is 153 cm³/mol. The zero-order valence-electron chi connectivity index (χ0n) is 20.7. The van der Waals surface area contributed by atoms with Crippen LogP contribution >= 0.6 is 23.8 Å². The summed E-state index contributed by atoms with van der Waals surface area (Å²) in [4.78, 5) is 26.3. The highest BCUT2D eigenvalue weighted by Gasteiger charge is 2.30. The number of benzodiazepines with no additional fused rings is 1. The first-order valence-corrected chi connectivity index (χ1v) is 12.6. The third kappa shape index (κ3) is 5.34. The van der Waals surface area contributed by atoms with Crippen LogP contribution in [0.1, 0.15) is 30.5 Å². The Balaban J connectivity index is 1.63. The van der Waals surface area contributed by atoms with E-state index >= 15 is 0 Å². The molecular weight excluding hydrogens is 492 g/mol. The first-order valence-electron chi connectivity index (χ1n) is 11.8. The van der Waals surface area contributed by atoms with Gasteiger partial charge in [-0.3, -0.25) is 9.78 Å². The van der Waals surface area contributed by atoms with Crippen LogP contribution in [0, 0.1) is 6.92 Å². The zero-order chi connectivity index (χ0) is 25.8. The number of fused-ring (bicyclic) bond motifs is 1. The Hall–Kier alpha value is -3.49. The highest BCUT2D eigenvalue weighted by atomic mass is 35.5. The first kappa shape index (κ1) is 25.6. The van der Waals surface area contributed by atoms with E-state index in [4.69, 9.17) is 28.8 Å². The molecule has 9 heteroatoms. The number of hydrogen-bond donors (Lipinski definition) is 2. The number of aliphatic imine (C=N–C) groups is 1. The number of aryl methyl sites for hydroxylation is 1. The Morgan fingerprint density at radius 3 is 2.61 bits per heavy atom. The molecule has 1 aliphatic rings. The molecule has 7 nitrogen and oxygen atoms in total. The topological polar surface area (TPSA) is 72.9 Å². The number of anilines is 3. The van der Waals surface area contributed by atoms with Crippen molar-refractivity contribution in [3.8, 4) is 0 Å². The summed E-state index contributed by atoms with van der Waals surface area (Å²) in [6.45, 7) is 8.17. The summed E-state index contributed by atoms with van der Waals surface area (Å²) in [5.74, 6) is -0.241. The summed E-state index contributed by atoms with van der Waals surface area (Å²) in [6.07, 6.45) is 2.47. The molecule has 1 aliphatic heterocycles. The fourth-order valence-electron chi connectivity index (χ4n) is 4.23. The molecule has 2 aromatic carbocycles. The maximum absolute atomic E-state index is 13.4. The van der Waals surface area contributed by atoms with E-state index in [0.29, 0.717) is 21.5 Å². The van der Waals surface area contributed by atoms with Gasteiger partial charge in [0, 0.05) is 60.1 Å². The van der Waals surface area contributed by atoms with Gasteiger partial charge in [0.05, 0.1) is 11.4 Å². The van der Waals surface area contributed by atoms with Crippen LogP contribution < -0.4 is 20.4 Å². The van der Waals surface area contributed by atoms with Crippen LogP contribution in [0.4, 0.5) is 17.1 Å². The number of aromatic nitrogens is 1. The molecular formula is C27H29ClN6OS. The van der Waals surface area contributed by atoms with Crippen LogP contribution in [0.3, 0.4) is 0 Å². The van der Waals surface area contributed by atoms with Crippen LogP contribution in [0.25, 0.3) is 0 Å². The molecule has 0 spiro atoms. The van der Waals surface area contributed by atoms with E-state index < -0.39 is 6.17 Å². The number of likely N-dealkylation sites (N-methyl/N-ethyl adjacent to an activating group) is 1. The van der Waals surface area contributed by atoms with Crippen LogP contribution in [0.5, 0.6) is 0 Å². The van der Waals surface area contributed by atoms with Crippen molar-refractivity contribution in [1.82, 2.24) is 10.3 Å². The van der Waals surface area contributed by atoms with Crippen LogP contribution in [0.15, 0.2) is 65.9 Å². The lowest BCUT2D eigenvalue weighted by atomic mass is 10.0. The minimum atomic E-state index is -0.938. The van der Waals surface area contributed by atoms with Gasteiger partial charge in [-0.25, -0.2) is 4.99 Å². The van der Waals surface area contributed by atoms with E-state index in [9.17, 15) is 4.79 Å². The number of nitrogens with one attached hydrogen (secondary N) is 2. The van der Waals surface area contributed by atoms with Gasteiger partial charge in [-0.05, 0) is 87.1 Å². The van der Waals surface area contributed by atoms with Gasteiger partial charge in [0.1, 0.15) is 0 Å². The van der Waals surface area contributed by atoms with E-state index in [1.54, 1.807) is 30.4 Å². The molecule has 1 unspecified atom stereocenters. The molecule has 2 N–H and O–H groups in total. The second-order valence-corrected chi connectivity index (χ2v) is 9.30. The lowest BCUT2D eigenvalue weighted by Crippen LogP contribution is -2.47. The molecule has 4 rings (SSSR count). The van der Waals surface area contributed by atoms with Crippen LogP contribution in [0.2, 0.25) is 5.02 Å². The predicted octanol–water partition coefficient (Wildman–Crippen LogP) is 5.02. The molecule has 0 bridgehead atoms. The molecule has 2 heterocycles. The standard InChI is InChI=1S/C27H29ClN6OS/c1-5-34(6-2)20-10-11-22(17(3)14-20)30-27(36)32-25-26(35)33(4)23-12-9-19(28)15-21(23)24(31-25)18-8-7-13-29-16-18/h7-16,25H,5-6H2,1-4H3,(H2,30,32,36). The van der Waals surface area contributed by atoms with Crippen molar-refractivity contribution < 1.29 is 4.79 Å². The summed E-state index contributed by atoms with van der Waals surface area (Å²) < 4.78 is 0. The van der Waals surface area contributed by atoms with Crippen LogP contribution in [-0.2, 0) is 4.79 Å². The van der Waals surface area contributed by atoms with Crippen molar-refractivity contribution in [2.45, 2.75) is 26.9 Å². The Kier molecular flexibility index (Phi) is 7.86. The number of halogens is 1. The molecule has 186 valence electrons. The summed E-state index contributed by atoms with van der Waals surface area (Å²) in [5.41, 5.74) is 5.91. The average molecular weight is 521 g/mol. The van der Waals surface area contributed by atoms with Crippen LogP contribution in [-0.4, -0.2) is 48.0 Å². The third-order valence-electron chi connectivity index (χ3n) is 6.19. The summed E-state index contributed by atoms with van der Waals surface area (Å²) in [5, 5.41) is 7.19. The Morgan fingerprint density at radius 1 is 1.17 bits per heavy atom. The minimum absolute atomic E-state index is 0.241. The van der Waals surface area contributed by atoms with E-state index in [2.05, 4.69) is 46.5 Å². The molecule has 1 amide bonds. The summed E-state index contributed by atoms with van der Waals surface area (Å²) >= 11 is 11.9. The molecule has 1 aromatic heterocycles. The van der Waals surface area contributed by atoms with E-state index in [-0.39, 0.29) is 5.91 Å². The summed E-state index contributed by atoms with van der Waals surface area (Å²) in [6, 6.07) is 15.3. The summed E-state index contributed by atoms with van der Waals surface area (Å²) in [7, 11) is 1.72. The molecule has 3 aromatic rings. The monoisotopic (exact) mass is 520 g/mol. The number of hydrogen-bond acceptors (Lipinski definition) is 5. The van der Waals surface area contributed by atoms with Gasteiger partial charge < -0.3 is 20.4 Å². The Morgan fingerprint density at radius 2 is 1.94 bits per heavy atom. The second kappa shape index (κ2) is 11.1. The van der Waals surface area contributed by atoms with Gasteiger partial charge in [-0.1, -0.05) is 11.6 Å². The molecule has 0 saturated carbocycles. The van der Waals surface area contributed by atoms with E-state index in [1.165, 1.54) is 0 Å². The second-order valence-electron chi connectivity index (χ2n) is 8.45. The number of benzene rings is 2. The maximum atomic E-state index is 13.4. The van der Waals surface area contributed by atoms with Crippen molar-refractivity contribution in [3.05, 3.63) is 82.6 Å². The smallest absolute Gasteiger partial charge is 0.272 e. The largest absolute Gasteiger partial charge is 0.372 e. The Bertz CT molecular complexity index is 1310. The van der Waals surface area contributed by atoms with E-state index in [0.717, 1.165) is 41.2 Å². The van der Waals surface area contributed by atoms with Crippen molar-refractivity contribution in [2.75, 3.05) is 35.3 Å². The van der Waals surface area contributed by atoms with Gasteiger partial charge in [0.15, 0.2) is 5.11 Å². The van der Waals surface area contributed by atoms with Crippen molar-refractivity contribution in [1.29, 1.82) is 0 Å². The van der Waals surface area contributed by atoms with Gasteiger partial charge in [0.25, 0.3) is 5.91 Å². The number of nitrogens with zero attached hydrogens (tertiary/aromatic N) is 4. The van der Waals surface area contributed by atoms with Crippen molar-refractivity contribution in [3.63, 3.8) is 0 Å². The molecule has 0 fully saturated rings. The van der Waals surface area contributed by atoms with Gasteiger partial charge in [-0.2, -0.15) is 0 Å². The van der Waals surface area contributed by atoms with Gasteiger partial charge >= 0.3 is 0 Å². The number of amides is 1. The molecule has 0 radical (unpaired) electrons. The zero-order valence-corrected chi connectivity index (χ0v) is 22.3. The highest BCUT2D eigenvalue weighted by Crippen LogP contribution is 2.30. The number of rotatable bonds is 6. The lowest BCUT2D eigenvalue weighted by molar-refractivity contribution is -0.119. The minimum Gasteiger partial charge on any atom is -0.372 e. The fourth-order valence-corrected chi connectivity index (χ4v) is 4.62. The number of carbonyl (C=O) groups excluding carboxylic acids is 1. The quantitative estimate of drug-likeness (QED) is 0.445. The molecule has 1 atom stereocenters. The SMILES string of the molecule is CCN(CC)c1ccc(NC(=S)NC2N=C(c3cccnc3)c3cc(Cl)ccc3N(C)C2=O)c(C)c1.